The van der Waals surface area contributed by atoms with Crippen molar-refractivity contribution in [3.63, 3.8) is 0 Å². The summed E-state index contributed by atoms with van der Waals surface area (Å²) in [5.41, 5.74) is 4.30. The lowest BCUT2D eigenvalue weighted by Crippen LogP contribution is -2.16. The molecule has 0 spiro atoms. The molecule has 1 N–H and O–H groups in total. The van der Waals surface area contributed by atoms with Crippen LogP contribution in [0.5, 0.6) is 0 Å². The normalized spacial score (nSPS) is 12.8. The molecule has 0 saturated heterocycles. The van der Waals surface area contributed by atoms with Gasteiger partial charge in [-0.15, -0.1) is 10.2 Å². The van der Waals surface area contributed by atoms with Gasteiger partial charge in [0, 0.05) is 27.1 Å². The first-order chi connectivity index (χ1) is 11.9. The van der Waals surface area contributed by atoms with Crippen molar-refractivity contribution in [3.8, 4) is 0 Å². The molecule has 3 heterocycles. The molecule has 124 valence electrons. The molecule has 0 aliphatic heterocycles. The molecule has 5 aromatic rings. The molecule has 0 aliphatic rings. The van der Waals surface area contributed by atoms with Crippen LogP contribution in [0.25, 0.3) is 38.4 Å². The molecular formula is C21H20N4. The second-order valence-electron chi connectivity index (χ2n) is 7.88. The third-order valence-electron chi connectivity index (χ3n) is 4.93. The van der Waals surface area contributed by atoms with E-state index in [0.29, 0.717) is 0 Å². The van der Waals surface area contributed by atoms with E-state index in [4.69, 9.17) is 0 Å². The van der Waals surface area contributed by atoms with E-state index in [-0.39, 0.29) is 5.41 Å². The Morgan fingerprint density at radius 1 is 0.920 bits per heavy atom. The highest BCUT2D eigenvalue weighted by molar-refractivity contribution is 6.22. The number of benzene rings is 2. The predicted molar refractivity (Wildman–Crippen MR) is 103 cm³/mol. The second kappa shape index (κ2) is 4.60. The van der Waals surface area contributed by atoms with E-state index in [0.717, 1.165) is 28.0 Å². The number of aryl methyl sites for hydroxylation is 1. The molecule has 0 amide bonds. The Hall–Kier alpha value is -2.88. The maximum absolute atomic E-state index is 4.55. The van der Waals surface area contributed by atoms with E-state index in [1.165, 1.54) is 21.7 Å². The molecule has 0 unspecified atom stereocenters. The van der Waals surface area contributed by atoms with Crippen molar-refractivity contribution in [1.82, 2.24) is 19.6 Å². The number of pyridine rings is 1. The first kappa shape index (κ1) is 14.5. The van der Waals surface area contributed by atoms with Gasteiger partial charge in [-0.1, -0.05) is 56.7 Å². The number of rotatable bonds is 0. The number of aromatic nitrogens is 4. The van der Waals surface area contributed by atoms with Gasteiger partial charge in [0.1, 0.15) is 11.5 Å². The number of aromatic amines is 1. The van der Waals surface area contributed by atoms with Gasteiger partial charge in [-0.2, -0.15) is 0 Å². The van der Waals surface area contributed by atoms with Crippen LogP contribution in [0.15, 0.2) is 42.5 Å². The summed E-state index contributed by atoms with van der Waals surface area (Å²) in [6.45, 7) is 8.67. The highest BCUT2D eigenvalue weighted by atomic mass is 15.3. The van der Waals surface area contributed by atoms with Crippen LogP contribution in [-0.4, -0.2) is 19.6 Å². The fourth-order valence-corrected chi connectivity index (χ4v) is 3.78. The third kappa shape index (κ3) is 1.88. The average Bonchev–Trinajstić information content (AvgIpc) is 3.16. The Labute approximate surface area is 145 Å². The topological polar surface area (TPSA) is 46.0 Å². The molecule has 0 radical (unpaired) electrons. The SMILES string of the molecule is Cc1ccc2[nH]c3c(c2c1)c1ccccc1c1nnc(C(C)(C)C)n13. The van der Waals surface area contributed by atoms with Crippen LogP contribution in [0.1, 0.15) is 32.2 Å². The van der Waals surface area contributed by atoms with Gasteiger partial charge < -0.3 is 4.98 Å². The van der Waals surface area contributed by atoms with Gasteiger partial charge in [0.15, 0.2) is 5.65 Å². The summed E-state index contributed by atoms with van der Waals surface area (Å²) >= 11 is 0. The minimum Gasteiger partial charge on any atom is -0.340 e. The number of nitrogens with zero attached hydrogens (tertiary/aromatic N) is 3. The first-order valence-corrected chi connectivity index (χ1v) is 8.63. The minimum absolute atomic E-state index is 0.0952. The Balaban J connectivity index is 2.16. The standard InChI is InChI=1S/C21H20N4/c1-12-9-10-16-15(11-12)17-13-7-5-6-8-14(13)18-23-24-20(21(2,3)4)25(18)19(17)22-16/h5-11,22H,1-4H3. The molecule has 0 atom stereocenters. The molecule has 0 saturated carbocycles. The lowest BCUT2D eigenvalue weighted by Gasteiger charge is -2.16. The molecule has 4 heteroatoms. The van der Waals surface area contributed by atoms with Crippen molar-refractivity contribution < 1.29 is 0 Å². The van der Waals surface area contributed by atoms with Crippen molar-refractivity contribution in [2.24, 2.45) is 0 Å². The van der Waals surface area contributed by atoms with Crippen LogP contribution in [0.3, 0.4) is 0 Å². The zero-order valence-electron chi connectivity index (χ0n) is 14.9. The summed E-state index contributed by atoms with van der Waals surface area (Å²) in [6.07, 6.45) is 0. The maximum atomic E-state index is 4.55. The Morgan fingerprint density at radius 3 is 2.44 bits per heavy atom. The number of nitrogens with one attached hydrogen (secondary N) is 1. The van der Waals surface area contributed by atoms with Crippen molar-refractivity contribution in [2.75, 3.05) is 0 Å². The van der Waals surface area contributed by atoms with Crippen molar-refractivity contribution >= 4 is 38.4 Å². The fourth-order valence-electron chi connectivity index (χ4n) is 3.78. The highest BCUT2D eigenvalue weighted by Gasteiger charge is 2.25. The Bertz CT molecular complexity index is 1280. The van der Waals surface area contributed by atoms with Crippen molar-refractivity contribution in [3.05, 3.63) is 53.9 Å². The summed E-state index contributed by atoms with van der Waals surface area (Å²) in [7, 11) is 0. The average molecular weight is 328 g/mol. The van der Waals surface area contributed by atoms with Crippen LogP contribution in [0.4, 0.5) is 0 Å². The molecule has 25 heavy (non-hydrogen) atoms. The number of fused-ring (bicyclic) bond motifs is 8. The van der Waals surface area contributed by atoms with Crippen LogP contribution in [0.2, 0.25) is 0 Å². The minimum atomic E-state index is -0.0952. The van der Waals surface area contributed by atoms with Crippen LogP contribution in [0, 0.1) is 6.92 Å². The van der Waals surface area contributed by atoms with E-state index in [1.807, 2.05) is 0 Å². The van der Waals surface area contributed by atoms with Gasteiger partial charge in [-0.25, -0.2) is 0 Å². The van der Waals surface area contributed by atoms with Gasteiger partial charge in [0.2, 0.25) is 0 Å². The maximum Gasteiger partial charge on any atom is 0.170 e. The van der Waals surface area contributed by atoms with E-state index in [9.17, 15) is 0 Å². The molecule has 5 rings (SSSR count). The van der Waals surface area contributed by atoms with Crippen molar-refractivity contribution in [1.29, 1.82) is 0 Å². The lowest BCUT2D eigenvalue weighted by atomic mass is 9.95. The summed E-state index contributed by atoms with van der Waals surface area (Å²) < 4.78 is 2.20. The number of hydrogen-bond acceptors (Lipinski definition) is 2. The Morgan fingerprint density at radius 2 is 1.68 bits per heavy atom. The molecular weight excluding hydrogens is 308 g/mol. The quantitative estimate of drug-likeness (QED) is 0.429. The molecule has 4 nitrogen and oxygen atoms in total. The second-order valence-corrected chi connectivity index (χ2v) is 7.88. The monoisotopic (exact) mass is 328 g/mol. The highest BCUT2D eigenvalue weighted by Crippen LogP contribution is 2.36. The lowest BCUT2D eigenvalue weighted by molar-refractivity contribution is 0.541. The summed E-state index contributed by atoms with van der Waals surface area (Å²) in [6, 6.07) is 15.0. The van der Waals surface area contributed by atoms with E-state index >= 15 is 0 Å². The zero-order valence-corrected chi connectivity index (χ0v) is 14.9. The van der Waals surface area contributed by atoms with Gasteiger partial charge in [-0.05, 0) is 24.4 Å². The number of hydrogen-bond donors (Lipinski definition) is 1. The van der Waals surface area contributed by atoms with Crippen molar-refractivity contribution in [2.45, 2.75) is 33.1 Å². The molecule has 0 aliphatic carbocycles. The van der Waals surface area contributed by atoms with Gasteiger partial charge in [0.05, 0.1) is 0 Å². The van der Waals surface area contributed by atoms with Gasteiger partial charge in [0.25, 0.3) is 0 Å². The largest absolute Gasteiger partial charge is 0.340 e. The predicted octanol–water partition coefficient (Wildman–Crippen LogP) is 5.12. The third-order valence-corrected chi connectivity index (χ3v) is 4.93. The Kier molecular flexibility index (Phi) is 2.66. The molecule has 3 aromatic heterocycles. The molecule has 0 fully saturated rings. The fraction of sp³-hybridized carbons (Fsp3) is 0.238. The van der Waals surface area contributed by atoms with Crippen LogP contribution < -0.4 is 0 Å². The zero-order chi connectivity index (χ0) is 17.3. The van der Waals surface area contributed by atoms with Crippen LogP contribution in [-0.2, 0) is 5.41 Å². The van der Waals surface area contributed by atoms with Gasteiger partial charge >= 0.3 is 0 Å². The van der Waals surface area contributed by atoms with Crippen LogP contribution >= 0.6 is 0 Å². The molecule has 0 bridgehead atoms. The molecule has 2 aromatic carbocycles. The first-order valence-electron chi connectivity index (χ1n) is 8.63. The van der Waals surface area contributed by atoms with E-state index < -0.39 is 0 Å². The van der Waals surface area contributed by atoms with E-state index in [1.54, 1.807) is 0 Å². The van der Waals surface area contributed by atoms with Gasteiger partial charge in [-0.3, -0.25) is 4.40 Å². The summed E-state index contributed by atoms with van der Waals surface area (Å²) in [4.78, 5) is 3.62. The number of H-pyrrole nitrogens is 1. The smallest absolute Gasteiger partial charge is 0.170 e. The van der Waals surface area contributed by atoms with E-state index in [2.05, 4.69) is 89.7 Å². The summed E-state index contributed by atoms with van der Waals surface area (Å²) in [5, 5.41) is 13.9. The summed E-state index contributed by atoms with van der Waals surface area (Å²) in [5.74, 6) is 0.974.